The van der Waals surface area contributed by atoms with Crippen molar-refractivity contribution in [3.8, 4) is 0 Å². The number of nitrogens with one attached hydrogen (secondary N) is 1. The van der Waals surface area contributed by atoms with Crippen molar-refractivity contribution in [1.29, 1.82) is 0 Å². The lowest BCUT2D eigenvalue weighted by molar-refractivity contribution is -0.0739. The molecule has 2 unspecified atom stereocenters. The Hall–Kier alpha value is -1.69. The van der Waals surface area contributed by atoms with Crippen LogP contribution in [0.15, 0.2) is 36.4 Å². The second-order valence-corrected chi connectivity index (χ2v) is 6.72. The number of hydrogen-bond donors (Lipinski definition) is 1. The van der Waals surface area contributed by atoms with Gasteiger partial charge in [-0.15, -0.1) is 0 Å². The molecule has 0 spiro atoms. The molecule has 1 aliphatic heterocycles. The summed E-state index contributed by atoms with van der Waals surface area (Å²) in [4.78, 5) is 8.52. The van der Waals surface area contributed by atoms with Crippen molar-refractivity contribution in [2.45, 2.75) is 44.9 Å². The van der Waals surface area contributed by atoms with E-state index in [-0.39, 0.29) is 18.2 Å². The van der Waals surface area contributed by atoms with E-state index in [9.17, 15) is 0 Å². The Balaban J connectivity index is 1.77. The summed E-state index contributed by atoms with van der Waals surface area (Å²) >= 11 is 6.05. The smallest absolute Gasteiger partial charge is 0.134 e. The zero-order valence-electron chi connectivity index (χ0n) is 14.6. The zero-order valence-corrected chi connectivity index (χ0v) is 15.4. The molecule has 1 fully saturated rings. The molecule has 1 aromatic heterocycles. The van der Waals surface area contributed by atoms with E-state index in [1.54, 1.807) is 6.07 Å². The molecule has 1 N–H and O–H groups in total. The van der Waals surface area contributed by atoms with Crippen LogP contribution in [0.1, 0.15) is 37.3 Å². The highest BCUT2D eigenvalue weighted by atomic mass is 35.5. The van der Waals surface area contributed by atoms with Crippen LogP contribution in [0.3, 0.4) is 0 Å². The van der Waals surface area contributed by atoms with Crippen molar-refractivity contribution in [2.75, 3.05) is 18.5 Å². The van der Waals surface area contributed by atoms with Crippen LogP contribution in [0.4, 0.5) is 5.82 Å². The Kier molecular flexibility index (Phi) is 6.24. The number of halogens is 1. The van der Waals surface area contributed by atoms with Gasteiger partial charge < -0.3 is 14.8 Å². The molecule has 1 saturated heterocycles. The molecule has 6 heteroatoms. The first-order chi connectivity index (χ1) is 12.1. The summed E-state index contributed by atoms with van der Waals surface area (Å²) in [5.41, 5.74) is 1.14. The minimum atomic E-state index is -0.0849. The van der Waals surface area contributed by atoms with Crippen molar-refractivity contribution in [2.24, 2.45) is 0 Å². The van der Waals surface area contributed by atoms with Crippen LogP contribution < -0.4 is 5.32 Å². The molecule has 0 aliphatic carbocycles. The van der Waals surface area contributed by atoms with Gasteiger partial charge in [0.05, 0.1) is 12.1 Å². The lowest BCUT2D eigenvalue weighted by Crippen LogP contribution is -2.33. The SMILES string of the molecule is Cc1nc(Cl)cc(NC(C)C(OC2CCOCC2)c2ccccc2)n1. The predicted octanol–water partition coefficient (Wildman–Crippen LogP) is 4.18. The molecule has 0 bridgehead atoms. The maximum atomic E-state index is 6.45. The minimum absolute atomic E-state index is 0.0237. The summed E-state index contributed by atoms with van der Waals surface area (Å²) in [6, 6.07) is 12.0. The van der Waals surface area contributed by atoms with E-state index in [4.69, 9.17) is 21.1 Å². The number of aromatic nitrogens is 2. The monoisotopic (exact) mass is 361 g/mol. The largest absolute Gasteiger partial charge is 0.381 e. The van der Waals surface area contributed by atoms with Crippen molar-refractivity contribution in [3.63, 3.8) is 0 Å². The highest BCUT2D eigenvalue weighted by Gasteiger charge is 2.26. The first-order valence-electron chi connectivity index (χ1n) is 8.67. The van der Waals surface area contributed by atoms with Crippen LogP contribution in [0.25, 0.3) is 0 Å². The fraction of sp³-hybridized carbons (Fsp3) is 0.474. The molecule has 0 saturated carbocycles. The van der Waals surface area contributed by atoms with E-state index in [0.29, 0.717) is 16.8 Å². The zero-order chi connectivity index (χ0) is 17.6. The predicted molar refractivity (Wildman–Crippen MR) is 99.0 cm³/mol. The topological polar surface area (TPSA) is 56.3 Å². The third-order valence-corrected chi connectivity index (χ3v) is 4.47. The van der Waals surface area contributed by atoms with E-state index in [1.165, 1.54) is 0 Å². The average molecular weight is 362 g/mol. The van der Waals surface area contributed by atoms with Gasteiger partial charge in [-0.25, -0.2) is 9.97 Å². The second kappa shape index (κ2) is 8.61. The highest BCUT2D eigenvalue weighted by Crippen LogP contribution is 2.28. The lowest BCUT2D eigenvalue weighted by Gasteiger charge is -2.32. The van der Waals surface area contributed by atoms with Gasteiger partial charge in [-0.1, -0.05) is 41.9 Å². The lowest BCUT2D eigenvalue weighted by atomic mass is 10.0. The maximum absolute atomic E-state index is 6.45. The number of hydrogen-bond acceptors (Lipinski definition) is 5. The maximum Gasteiger partial charge on any atom is 0.134 e. The molecule has 5 nitrogen and oxygen atoms in total. The minimum Gasteiger partial charge on any atom is -0.381 e. The average Bonchev–Trinajstić information content (AvgIpc) is 2.60. The first kappa shape index (κ1) is 18.1. The molecule has 2 atom stereocenters. The van der Waals surface area contributed by atoms with E-state index in [2.05, 4.69) is 34.3 Å². The molecule has 0 amide bonds. The molecule has 0 radical (unpaired) electrons. The number of ether oxygens (including phenoxy) is 2. The van der Waals surface area contributed by atoms with E-state index >= 15 is 0 Å². The van der Waals surface area contributed by atoms with Gasteiger partial charge in [0, 0.05) is 19.3 Å². The second-order valence-electron chi connectivity index (χ2n) is 6.34. The fourth-order valence-electron chi connectivity index (χ4n) is 3.06. The number of benzene rings is 1. The van der Waals surface area contributed by atoms with Gasteiger partial charge in [-0.3, -0.25) is 0 Å². The van der Waals surface area contributed by atoms with E-state index in [1.807, 2.05) is 25.1 Å². The molecular formula is C19H24ClN3O2. The van der Waals surface area contributed by atoms with Crippen molar-refractivity contribution < 1.29 is 9.47 Å². The van der Waals surface area contributed by atoms with Gasteiger partial charge in [0.15, 0.2) is 0 Å². The van der Waals surface area contributed by atoms with Crippen molar-refractivity contribution in [3.05, 3.63) is 52.9 Å². The summed E-state index contributed by atoms with van der Waals surface area (Å²) in [6.45, 7) is 5.45. The third kappa shape index (κ3) is 5.14. The van der Waals surface area contributed by atoms with Crippen LogP contribution in [0.5, 0.6) is 0 Å². The van der Waals surface area contributed by atoms with Crippen LogP contribution in [0.2, 0.25) is 5.15 Å². The number of anilines is 1. The van der Waals surface area contributed by atoms with Crippen molar-refractivity contribution in [1.82, 2.24) is 9.97 Å². The van der Waals surface area contributed by atoms with Crippen LogP contribution in [0, 0.1) is 6.92 Å². The van der Waals surface area contributed by atoms with E-state index < -0.39 is 0 Å². The number of aryl methyl sites for hydroxylation is 1. The highest BCUT2D eigenvalue weighted by molar-refractivity contribution is 6.29. The summed E-state index contributed by atoms with van der Waals surface area (Å²) in [5.74, 6) is 1.35. The molecule has 3 rings (SSSR count). The standard InChI is InChI=1S/C19H24ClN3O2/c1-13(21-18-12-17(20)22-14(2)23-18)19(15-6-4-3-5-7-15)25-16-8-10-24-11-9-16/h3-7,12-13,16,19H,8-11H2,1-2H3,(H,21,22,23). The summed E-state index contributed by atoms with van der Waals surface area (Å²) in [5, 5.41) is 3.85. The van der Waals surface area contributed by atoms with Crippen LogP contribution in [-0.4, -0.2) is 35.3 Å². The van der Waals surface area contributed by atoms with Gasteiger partial charge in [0.2, 0.25) is 0 Å². The Morgan fingerprint density at radius 3 is 2.60 bits per heavy atom. The number of nitrogens with zero attached hydrogens (tertiary/aromatic N) is 2. The van der Waals surface area contributed by atoms with Gasteiger partial charge in [-0.05, 0) is 32.3 Å². The molecule has 2 aromatic rings. The Labute approximate surface area is 153 Å². The number of rotatable bonds is 6. The molecular weight excluding hydrogens is 338 g/mol. The van der Waals surface area contributed by atoms with Gasteiger partial charge >= 0.3 is 0 Å². The fourth-order valence-corrected chi connectivity index (χ4v) is 3.29. The van der Waals surface area contributed by atoms with E-state index in [0.717, 1.165) is 31.6 Å². The quantitative estimate of drug-likeness (QED) is 0.782. The molecule has 1 aromatic carbocycles. The third-order valence-electron chi connectivity index (χ3n) is 4.27. The Morgan fingerprint density at radius 2 is 1.92 bits per heavy atom. The summed E-state index contributed by atoms with van der Waals surface area (Å²) in [6.07, 6.45) is 1.97. The molecule has 2 heterocycles. The molecule has 1 aliphatic rings. The molecule has 25 heavy (non-hydrogen) atoms. The Morgan fingerprint density at radius 1 is 1.20 bits per heavy atom. The van der Waals surface area contributed by atoms with Crippen LogP contribution >= 0.6 is 11.6 Å². The van der Waals surface area contributed by atoms with Gasteiger partial charge in [-0.2, -0.15) is 0 Å². The van der Waals surface area contributed by atoms with Crippen molar-refractivity contribution >= 4 is 17.4 Å². The Bertz CT molecular complexity index is 657. The normalized spacial score (nSPS) is 17.9. The van der Waals surface area contributed by atoms with Gasteiger partial charge in [0.1, 0.15) is 22.9 Å². The summed E-state index contributed by atoms with van der Waals surface area (Å²) < 4.78 is 11.9. The van der Waals surface area contributed by atoms with Gasteiger partial charge in [0.25, 0.3) is 0 Å². The first-order valence-corrected chi connectivity index (χ1v) is 9.05. The molecule has 134 valence electrons. The van der Waals surface area contributed by atoms with Crippen LogP contribution in [-0.2, 0) is 9.47 Å². The summed E-state index contributed by atoms with van der Waals surface area (Å²) in [7, 11) is 0.